The Morgan fingerprint density at radius 2 is 2.44 bits per heavy atom. The summed E-state index contributed by atoms with van der Waals surface area (Å²) in [5, 5.41) is 3.30. The van der Waals surface area contributed by atoms with Crippen molar-refractivity contribution >= 4 is 5.91 Å². The topological polar surface area (TPSA) is 41.6 Å². The van der Waals surface area contributed by atoms with Gasteiger partial charge in [0, 0.05) is 38.7 Å². The van der Waals surface area contributed by atoms with Gasteiger partial charge in [-0.3, -0.25) is 4.79 Å². The lowest BCUT2D eigenvalue weighted by molar-refractivity contribution is -0.134. The van der Waals surface area contributed by atoms with E-state index in [-0.39, 0.29) is 0 Å². The Bertz CT molecular complexity index is 239. The van der Waals surface area contributed by atoms with Crippen molar-refractivity contribution in [3.8, 4) is 0 Å². The number of hydrogen-bond acceptors (Lipinski definition) is 3. The smallest absolute Gasteiger partial charge is 0.222 e. The van der Waals surface area contributed by atoms with Gasteiger partial charge in [0.2, 0.25) is 5.91 Å². The van der Waals surface area contributed by atoms with Gasteiger partial charge < -0.3 is 15.0 Å². The third kappa shape index (κ3) is 2.95. The number of amides is 1. The first kappa shape index (κ1) is 11.9. The van der Waals surface area contributed by atoms with Crippen LogP contribution in [0.1, 0.15) is 32.6 Å². The van der Waals surface area contributed by atoms with E-state index in [2.05, 4.69) is 12.2 Å². The number of ether oxygens (including phenoxy) is 1. The molecule has 2 saturated heterocycles. The Kier molecular flexibility index (Phi) is 4.18. The summed E-state index contributed by atoms with van der Waals surface area (Å²) in [7, 11) is 0. The first-order valence-electron chi connectivity index (χ1n) is 6.39. The molecule has 2 aliphatic heterocycles. The van der Waals surface area contributed by atoms with Crippen LogP contribution in [0.25, 0.3) is 0 Å². The zero-order valence-electron chi connectivity index (χ0n) is 10.1. The zero-order chi connectivity index (χ0) is 11.4. The molecule has 2 fully saturated rings. The summed E-state index contributed by atoms with van der Waals surface area (Å²) in [6, 6.07) is 0.339. The average molecular weight is 226 g/mol. The van der Waals surface area contributed by atoms with Gasteiger partial charge in [0.1, 0.15) is 0 Å². The molecule has 0 aromatic carbocycles. The van der Waals surface area contributed by atoms with Gasteiger partial charge in [-0.25, -0.2) is 0 Å². The Hall–Kier alpha value is -0.610. The highest BCUT2D eigenvalue weighted by atomic mass is 16.5. The monoisotopic (exact) mass is 226 g/mol. The summed E-state index contributed by atoms with van der Waals surface area (Å²) in [6.45, 7) is 5.69. The van der Waals surface area contributed by atoms with E-state index in [1.54, 1.807) is 0 Å². The molecule has 0 aromatic heterocycles. The highest BCUT2D eigenvalue weighted by Gasteiger charge is 2.24. The van der Waals surface area contributed by atoms with Gasteiger partial charge in [-0.15, -0.1) is 0 Å². The number of carbonyl (C=O) groups is 1. The van der Waals surface area contributed by atoms with Crippen molar-refractivity contribution in [3.63, 3.8) is 0 Å². The molecule has 4 nitrogen and oxygen atoms in total. The van der Waals surface area contributed by atoms with Gasteiger partial charge >= 0.3 is 0 Å². The Balaban J connectivity index is 1.73. The van der Waals surface area contributed by atoms with Crippen molar-refractivity contribution in [1.29, 1.82) is 0 Å². The predicted octanol–water partition coefficient (Wildman–Crippen LogP) is 0.766. The van der Waals surface area contributed by atoms with Crippen molar-refractivity contribution in [1.82, 2.24) is 10.2 Å². The van der Waals surface area contributed by atoms with E-state index < -0.39 is 0 Å². The van der Waals surface area contributed by atoms with Gasteiger partial charge in [0.15, 0.2) is 0 Å². The molecule has 1 N–H and O–H groups in total. The maximum atomic E-state index is 12.0. The number of rotatable bonds is 3. The summed E-state index contributed by atoms with van der Waals surface area (Å²) >= 11 is 0. The normalized spacial score (nSPS) is 30.7. The van der Waals surface area contributed by atoms with Crippen molar-refractivity contribution < 1.29 is 9.53 Å². The van der Waals surface area contributed by atoms with Gasteiger partial charge in [-0.2, -0.15) is 0 Å². The molecule has 0 saturated carbocycles. The van der Waals surface area contributed by atoms with Crippen LogP contribution in [-0.2, 0) is 9.53 Å². The molecule has 2 aliphatic rings. The largest absolute Gasteiger partial charge is 0.378 e. The quantitative estimate of drug-likeness (QED) is 0.772. The second-order valence-corrected chi connectivity index (χ2v) is 4.81. The first-order chi connectivity index (χ1) is 7.77. The van der Waals surface area contributed by atoms with E-state index in [0.29, 0.717) is 24.5 Å². The molecule has 16 heavy (non-hydrogen) atoms. The first-order valence-corrected chi connectivity index (χ1v) is 6.39. The van der Waals surface area contributed by atoms with E-state index >= 15 is 0 Å². The maximum Gasteiger partial charge on any atom is 0.222 e. The molecule has 2 rings (SSSR count). The van der Waals surface area contributed by atoms with Crippen LogP contribution in [0.3, 0.4) is 0 Å². The molecule has 1 unspecified atom stereocenters. The molecule has 0 spiro atoms. The summed E-state index contributed by atoms with van der Waals surface area (Å²) in [4.78, 5) is 14.0. The van der Waals surface area contributed by atoms with Gasteiger partial charge in [0.25, 0.3) is 0 Å². The summed E-state index contributed by atoms with van der Waals surface area (Å²) in [5.41, 5.74) is 0. The average Bonchev–Trinajstić information content (AvgIpc) is 2.79. The zero-order valence-corrected chi connectivity index (χ0v) is 10.1. The van der Waals surface area contributed by atoms with Crippen molar-refractivity contribution in [2.24, 2.45) is 0 Å². The van der Waals surface area contributed by atoms with Gasteiger partial charge in [-0.1, -0.05) is 0 Å². The van der Waals surface area contributed by atoms with Crippen molar-refractivity contribution in [2.75, 3.05) is 26.2 Å². The lowest BCUT2D eigenvalue weighted by Crippen LogP contribution is -2.52. The fourth-order valence-corrected chi connectivity index (χ4v) is 2.51. The van der Waals surface area contributed by atoms with Crippen molar-refractivity contribution in [3.05, 3.63) is 0 Å². The van der Waals surface area contributed by atoms with Gasteiger partial charge in [-0.05, 0) is 26.2 Å². The highest BCUT2D eigenvalue weighted by Crippen LogP contribution is 2.18. The lowest BCUT2D eigenvalue weighted by atomic mass is 10.1. The fourth-order valence-electron chi connectivity index (χ4n) is 2.51. The van der Waals surface area contributed by atoms with Crippen LogP contribution >= 0.6 is 0 Å². The minimum absolute atomic E-state index is 0.296. The summed E-state index contributed by atoms with van der Waals surface area (Å²) in [5.74, 6) is 0.296. The Morgan fingerprint density at radius 3 is 3.12 bits per heavy atom. The lowest BCUT2D eigenvalue weighted by Gasteiger charge is -2.34. The predicted molar refractivity (Wildman–Crippen MR) is 62.3 cm³/mol. The molecular formula is C12H22N2O2. The third-order valence-corrected chi connectivity index (χ3v) is 3.53. The van der Waals surface area contributed by atoms with Crippen molar-refractivity contribution in [2.45, 2.75) is 44.8 Å². The highest BCUT2D eigenvalue weighted by molar-refractivity contribution is 5.76. The second-order valence-electron chi connectivity index (χ2n) is 4.81. The van der Waals surface area contributed by atoms with Crippen LogP contribution in [0.2, 0.25) is 0 Å². The Morgan fingerprint density at radius 1 is 1.56 bits per heavy atom. The summed E-state index contributed by atoms with van der Waals surface area (Å²) in [6.07, 6.45) is 4.17. The summed E-state index contributed by atoms with van der Waals surface area (Å²) < 4.78 is 5.53. The molecule has 2 atom stereocenters. The minimum atomic E-state index is 0.296. The minimum Gasteiger partial charge on any atom is -0.378 e. The van der Waals surface area contributed by atoms with Crippen LogP contribution < -0.4 is 5.32 Å². The van der Waals surface area contributed by atoms with Crippen LogP contribution in [-0.4, -0.2) is 49.2 Å². The maximum absolute atomic E-state index is 12.0. The SMILES string of the molecule is C[C@@H]1CNCCN1C(=O)CCC1CCCO1. The molecule has 4 heteroatoms. The van der Waals surface area contributed by atoms with E-state index in [1.807, 2.05) is 4.90 Å². The number of carbonyl (C=O) groups excluding carboxylic acids is 1. The number of nitrogens with zero attached hydrogens (tertiary/aromatic N) is 1. The molecule has 0 radical (unpaired) electrons. The molecular weight excluding hydrogens is 204 g/mol. The van der Waals surface area contributed by atoms with Crippen LogP contribution in [0.15, 0.2) is 0 Å². The third-order valence-electron chi connectivity index (χ3n) is 3.53. The van der Waals surface area contributed by atoms with E-state index in [1.165, 1.54) is 0 Å². The molecule has 0 aliphatic carbocycles. The standard InChI is InChI=1S/C12H22N2O2/c1-10-9-13-6-7-14(10)12(15)5-4-11-3-2-8-16-11/h10-11,13H,2-9H2,1H3/t10-,11?/m1/s1. The van der Waals surface area contributed by atoms with Gasteiger partial charge in [0.05, 0.1) is 6.10 Å². The second kappa shape index (κ2) is 5.64. The Labute approximate surface area is 97.3 Å². The van der Waals surface area contributed by atoms with E-state index in [4.69, 9.17) is 4.74 Å². The molecule has 1 amide bonds. The van der Waals surface area contributed by atoms with E-state index in [9.17, 15) is 4.79 Å². The van der Waals surface area contributed by atoms with Crippen LogP contribution in [0.4, 0.5) is 0 Å². The fraction of sp³-hybridized carbons (Fsp3) is 0.917. The molecule has 92 valence electrons. The molecule has 0 bridgehead atoms. The number of piperazine rings is 1. The van der Waals surface area contributed by atoms with Crippen LogP contribution in [0, 0.1) is 0 Å². The molecule has 0 aromatic rings. The number of hydrogen-bond donors (Lipinski definition) is 1. The molecule has 2 heterocycles. The number of nitrogens with one attached hydrogen (secondary N) is 1. The van der Waals surface area contributed by atoms with E-state index in [0.717, 1.165) is 45.5 Å². The van der Waals surface area contributed by atoms with Crippen LogP contribution in [0.5, 0.6) is 0 Å².